The summed E-state index contributed by atoms with van der Waals surface area (Å²) in [4.78, 5) is 0. The van der Waals surface area contributed by atoms with E-state index in [4.69, 9.17) is 4.74 Å². The van der Waals surface area contributed by atoms with Crippen LogP contribution >= 0.6 is 0 Å². The Hall–Kier alpha value is -1.16. The topological polar surface area (TPSA) is 49.7 Å². The van der Waals surface area contributed by atoms with Gasteiger partial charge in [-0.05, 0) is 86.5 Å². The molecule has 0 aliphatic heterocycles. The monoisotopic (exact) mass is 424 g/mol. The molecule has 0 saturated heterocycles. The number of hydrogen-bond donors (Lipinski definition) is 2. The van der Waals surface area contributed by atoms with Crippen LogP contribution in [0.5, 0.6) is 0 Å². The summed E-state index contributed by atoms with van der Waals surface area (Å²) in [5, 5.41) is 24.3. The van der Waals surface area contributed by atoms with E-state index in [-0.39, 0.29) is 11.3 Å². The Morgan fingerprint density at radius 2 is 1.74 bits per heavy atom. The van der Waals surface area contributed by atoms with E-state index in [9.17, 15) is 10.2 Å². The quantitative estimate of drug-likeness (QED) is 0.618. The summed E-state index contributed by atoms with van der Waals surface area (Å²) in [6.07, 6.45) is 11.3. The number of aliphatic hydroxyl groups is 2. The number of ether oxygens (including phenoxy) is 1. The van der Waals surface area contributed by atoms with E-state index >= 15 is 0 Å². The van der Waals surface area contributed by atoms with Crippen molar-refractivity contribution >= 4 is 0 Å². The van der Waals surface area contributed by atoms with Crippen LogP contribution in [-0.4, -0.2) is 28.5 Å². The highest BCUT2D eigenvalue weighted by Gasteiger charge is 2.71. The molecular weight excluding hydrogens is 384 g/mol. The van der Waals surface area contributed by atoms with Gasteiger partial charge in [-0.3, -0.25) is 0 Å². The van der Waals surface area contributed by atoms with Crippen molar-refractivity contribution in [1.29, 1.82) is 0 Å². The molecule has 3 unspecified atom stereocenters. The number of hydrogen-bond acceptors (Lipinski definition) is 3. The van der Waals surface area contributed by atoms with E-state index in [0.717, 1.165) is 37.7 Å². The first-order valence-corrected chi connectivity index (χ1v) is 12.5. The first-order valence-electron chi connectivity index (χ1n) is 12.5. The van der Waals surface area contributed by atoms with Crippen LogP contribution in [0.25, 0.3) is 0 Å². The standard InChI is InChI=1S/C28H40O3/c1-4-18-31-22-12-14-25(2)21(19-22)10-11-24-23(25)13-15-26(3)27(29,16-17-28(24,26)30)20-8-6-5-7-9-20/h4-9,21-24,29-30H,1,10-19H2,2-3H3/t21?,22?,23-,24-,25+,26-,27?,28-/m1/s1. The van der Waals surface area contributed by atoms with E-state index in [1.165, 1.54) is 12.8 Å². The van der Waals surface area contributed by atoms with Crippen molar-refractivity contribution in [3.8, 4) is 0 Å². The molecule has 4 fully saturated rings. The van der Waals surface area contributed by atoms with Gasteiger partial charge in [-0.25, -0.2) is 0 Å². The van der Waals surface area contributed by atoms with Gasteiger partial charge in [0.15, 0.2) is 0 Å². The van der Waals surface area contributed by atoms with Gasteiger partial charge < -0.3 is 14.9 Å². The lowest BCUT2D eigenvalue weighted by molar-refractivity contribution is -0.239. The normalized spacial score (nSPS) is 49.0. The predicted octanol–water partition coefficient (Wildman–Crippen LogP) is 5.60. The average Bonchev–Trinajstić information content (AvgIpc) is 3.00. The fourth-order valence-electron chi connectivity index (χ4n) is 8.74. The molecule has 31 heavy (non-hydrogen) atoms. The van der Waals surface area contributed by atoms with Gasteiger partial charge in [-0.2, -0.15) is 0 Å². The van der Waals surface area contributed by atoms with Crippen LogP contribution in [0.4, 0.5) is 0 Å². The minimum atomic E-state index is -0.943. The SMILES string of the molecule is C=CCOC1CC[C@@]2(C)C(CC[C@@H]3[C@H]2CC[C@]2(C)C(O)(c4ccccc4)CC[C@@]32O)C1. The zero-order valence-corrected chi connectivity index (χ0v) is 19.4. The fourth-order valence-corrected chi connectivity index (χ4v) is 8.74. The van der Waals surface area contributed by atoms with E-state index in [0.29, 0.717) is 37.4 Å². The highest BCUT2D eigenvalue weighted by Crippen LogP contribution is 2.71. The highest BCUT2D eigenvalue weighted by atomic mass is 16.5. The largest absolute Gasteiger partial charge is 0.389 e. The van der Waals surface area contributed by atoms with Gasteiger partial charge in [0.1, 0.15) is 0 Å². The van der Waals surface area contributed by atoms with Crippen LogP contribution in [0.2, 0.25) is 0 Å². The molecule has 8 atom stereocenters. The third-order valence-electron chi connectivity index (χ3n) is 10.7. The Kier molecular flexibility index (Phi) is 5.20. The molecule has 1 aromatic carbocycles. The Bertz CT molecular complexity index is 823. The predicted molar refractivity (Wildman–Crippen MR) is 123 cm³/mol. The molecule has 4 saturated carbocycles. The van der Waals surface area contributed by atoms with Crippen LogP contribution in [0.1, 0.15) is 77.2 Å². The molecule has 0 heterocycles. The third kappa shape index (κ3) is 2.89. The Labute approximate surface area is 187 Å². The minimum absolute atomic E-state index is 0.279. The summed E-state index contributed by atoms with van der Waals surface area (Å²) in [5.74, 6) is 1.51. The average molecular weight is 425 g/mol. The minimum Gasteiger partial charge on any atom is -0.389 e. The van der Waals surface area contributed by atoms with Crippen LogP contribution in [0.3, 0.4) is 0 Å². The lowest BCUT2D eigenvalue weighted by atomic mass is 9.43. The first-order chi connectivity index (χ1) is 14.8. The molecule has 0 spiro atoms. The van der Waals surface area contributed by atoms with Crippen molar-refractivity contribution in [3.63, 3.8) is 0 Å². The molecule has 3 heteroatoms. The second kappa shape index (κ2) is 7.43. The molecule has 1 aromatic rings. The maximum absolute atomic E-state index is 12.3. The maximum atomic E-state index is 12.3. The van der Waals surface area contributed by atoms with Crippen molar-refractivity contribution in [2.24, 2.45) is 28.6 Å². The van der Waals surface area contributed by atoms with Gasteiger partial charge in [0.05, 0.1) is 23.9 Å². The molecule has 170 valence electrons. The van der Waals surface area contributed by atoms with Gasteiger partial charge in [-0.1, -0.05) is 50.3 Å². The molecule has 5 rings (SSSR count). The lowest BCUT2D eigenvalue weighted by Crippen LogP contribution is -2.64. The molecular formula is C28H40O3. The molecule has 2 N–H and O–H groups in total. The van der Waals surface area contributed by atoms with E-state index < -0.39 is 16.6 Å². The molecule has 4 aliphatic carbocycles. The van der Waals surface area contributed by atoms with Crippen molar-refractivity contribution < 1.29 is 14.9 Å². The molecule has 0 bridgehead atoms. The zero-order chi connectivity index (χ0) is 21.9. The van der Waals surface area contributed by atoms with Crippen molar-refractivity contribution in [2.45, 2.75) is 88.9 Å². The molecule has 0 aromatic heterocycles. The van der Waals surface area contributed by atoms with Crippen molar-refractivity contribution in [2.75, 3.05) is 6.61 Å². The summed E-state index contributed by atoms with van der Waals surface area (Å²) in [7, 11) is 0. The van der Waals surface area contributed by atoms with Gasteiger partial charge in [-0.15, -0.1) is 6.58 Å². The van der Waals surface area contributed by atoms with Crippen LogP contribution in [0.15, 0.2) is 43.0 Å². The van der Waals surface area contributed by atoms with Crippen LogP contribution in [-0.2, 0) is 10.3 Å². The van der Waals surface area contributed by atoms with Crippen LogP contribution in [0, 0.1) is 28.6 Å². The molecule has 4 aliphatic rings. The first kappa shape index (κ1) is 21.7. The fraction of sp³-hybridized carbons (Fsp3) is 0.714. The highest BCUT2D eigenvalue weighted by molar-refractivity contribution is 5.32. The van der Waals surface area contributed by atoms with Gasteiger partial charge >= 0.3 is 0 Å². The Morgan fingerprint density at radius 3 is 2.48 bits per heavy atom. The second-order valence-corrected chi connectivity index (χ2v) is 11.5. The molecule has 0 amide bonds. The summed E-state index contributed by atoms with van der Waals surface area (Å²) < 4.78 is 6.04. The maximum Gasteiger partial charge on any atom is 0.0978 e. The van der Waals surface area contributed by atoms with E-state index in [2.05, 4.69) is 20.4 Å². The number of rotatable bonds is 4. The van der Waals surface area contributed by atoms with Crippen LogP contribution < -0.4 is 0 Å². The van der Waals surface area contributed by atoms with E-state index in [1.54, 1.807) is 0 Å². The Morgan fingerprint density at radius 1 is 0.968 bits per heavy atom. The third-order valence-corrected chi connectivity index (χ3v) is 10.7. The Balaban J connectivity index is 1.43. The van der Waals surface area contributed by atoms with Crippen molar-refractivity contribution in [3.05, 3.63) is 48.6 Å². The number of fused-ring (bicyclic) bond motifs is 5. The van der Waals surface area contributed by atoms with Crippen molar-refractivity contribution in [1.82, 2.24) is 0 Å². The number of benzene rings is 1. The zero-order valence-electron chi connectivity index (χ0n) is 19.4. The summed E-state index contributed by atoms with van der Waals surface area (Å²) >= 11 is 0. The van der Waals surface area contributed by atoms with Gasteiger partial charge in [0.25, 0.3) is 0 Å². The van der Waals surface area contributed by atoms with Gasteiger partial charge in [0.2, 0.25) is 0 Å². The summed E-state index contributed by atoms with van der Waals surface area (Å²) in [6, 6.07) is 10.1. The summed E-state index contributed by atoms with van der Waals surface area (Å²) in [5.41, 5.74) is -0.962. The summed E-state index contributed by atoms with van der Waals surface area (Å²) in [6.45, 7) is 9.13. The van der Waals surface area contributed by atoms with E-state index in [1.807, 2.05) is 36.4 Å². The lowest BCUT2D eigenvalue weighted by Gasteiger charge is -2.64. The smallest absolute Gasteiger partial charge is 0.0978 e. The molecule has 3 nitrogen and oxygen atoms in total. The second-order valence-electron chi connectivity index (χ2n) is 11.5. The van der Waals surface area contributed by atoms with Gasteiger partial charge in [0, 0.05) is 5.41 Å². The molecule has 0 radical (unpaired) electrons.